The lowest BCUT2D eigenvalue weighted by Gasteiger charge is -2.17. The number of carbonyl (C=O) groups excluding carboxylic acids is 1. The van der Waals surface area contributed by atoms with Crippen LogP contribution in [0, 0.1) is 11.8 Å². The first-order chi connectivity index (χ1) is 11.6. The van der Waals surface area contributed by atoms with E-state index in [-0.39, 0.29) is 30.5 Å². The van der Waals surface area contributed by atoms with Crippen molar-refractivity contribution in [1.29, 1.82) is 0 Å². The number of aliphatic hydroxyl groups is 1. The third kappa shape index (κ3) is 8.09. The van der Waals surface area contributed by atoms with Crippen molar-refractivity contribution in [3.05, 3.63) is 12.2 Å². The summed E-state index contributed by atoms with van der Waals surface area (Å²) in [4.78, 5) is 22.6. The van der Waals surface area contributed by atoms with Crippen molar-refractivity contribution in [3.8, 4) is 0 Å². The number of hydrogen-bond donors (Lipinski definition) is 2. The molecule has 1 fully saturated rings. The van der Waals surface area contributed by atoms with Gasteiger partial charge in [0, 0.05) is 24.7 Å². The minimum absolute atomic E-state index is 0.0253. The Balaban J connectivity index is 2.30. The third-order valence-electron chi connectivity index (χ3n) is 4.97. The Morgan fingerprint density at radius 1 is 1.12 bits per heavy atom. The number of ketones is 1. The number of rotatable bonds is 13. The van der Waals surface area contributed by atoms with Crippen molar-refractivity contribution in [2.24, 2.45) is 11.8 Å². The molecule has 1 aliphatic rings. The van der Waals surface area contributed by atoms with Crippen LogP contribution in [-0.4, -0.2) is 28.1 Å². The molecule has 2 N–H and O–H groups in total. The van der Waals surface area contributed by atoms with E-state index in [4.69, 9.17) is 5.11 Å². The molecule has 0 heterocycles. The Morgan fingerprint density at radius 2 is 1.83 bits per heavy atom. The van der Waals surface area contributed by atoms with E-state index in [0.29, 0.717) is 6.42 Å². The molecular weight excluding hydrogens is 304 g/mol. The SMILES string of the molecule is CCCCCC/C=C/C1C(O)CC(=O)C1CCCCCCC(=O)O. The average molecular weight is 338 g/mol. The normalized spacial score (nSPS) is 24.1. The fourth-order valence-corrected chi connectivity index (χ4v) is 3.53. The maximum atomic E-state index is 12.1. The van der Waals surface area contributed by atoms with Crippen LogP contribution in [0.2, 0.25) is 0 Å². The highest BCUT2D eigenvalue weighted by Gasteiger charge is 2.39. The van der Waals surface area contributed by atoms with Gasteiger partial charge in [-0.1, -0.05) is 57.6 Å². The zero-order valence-electron chi connectivity index (χ0n) is 15.1. The van der Waals surface area contributed by atoms with Gasteiger partial charge in [-0.3, -0.25) is 9.59 Å². The molecule has 1 rings (SSSR count). The van der Waals surface area contributed by atoms with Gasteiger partial charge >= 0.3 is 5.97 Å². The molecule has 0 bridgehead atoms. The number of carboxylic acids is 1. The van der Waals surface area contributed by atoms with Crippen molar-refractivity contribution < 1.29 is 19.8 Å². The second-order valence-electron chi connectivity index (χ2n) is 7.05. The van der Waals surface area contributed by atoms with Gasteiger partial charge in [-0.2, -0.15) is 0 Å². The van der Waals surface area contributed by atoms with Gasteiger partial charge in [-0.15, -0.1) is 0 Å². The van der Waals surface area contributed by atoms with Crippen molar-refractivity contribution in [2.45, 2.75) is 90.1 Å². The molecule has 3 unspecified atom stereocenters. The molecule has 0 aliphatic heterocycles. The van der Waals surface area contributed by atoms with Gasteiger partial charge in [0.25, 0.3) is 0 Å². The lowest BCUT2D eigenvalue weighted by atomic mass is 9.88. The van der Waals surface area contributed by atoms with E-state index in [1.807, 2.05) is 0 Å². The number of carbonyl (C=O) groups is 2. The highest BCUT2D eigenvalue weighted by atomic mass is 16.4. The Kier molecular flexibility index (Phi) is 10.6. The van der Waals surface area contributed by atoms with Crippen LogP contribution < -0.4 is 0 Å². The molecule has 0 spiro atoms. The Bertz CT molecular complexity index is 402. The summed E-state index contributed by atoms with van der Waals surface area (Å²) in [5.41, 5.74) is 0. The van der Waals surface area contributed by atoms with Gasteiger partial charge in [-0.25, -0.2) is 0 Å². The number of Topliss-reactive ketones (excluding diaryl/α,β-unsaturated/α-hetero) is 1. The van der Waals surface area contributed by atoms with Gasteiger partial charge in [0.15, 0.2) is 0 Å². The average Bonchev–Trinajstić information content (AvgIpc) is 2.80. The molecule has 0 amide bonds. The van der Waals surface area contributed by atoms with Gasteiger partial charge < -0.3 is 10.2 Å². The molecule has 24 heavy (non-hydrogen) atoms. The fourth-order valence-electron chi connectivity index (χ4n) is 3.53. The van der Waals surface area contributed by atoms with Crippen LogP contribution in [0.25, 0.3) is 0 Å². The van der Waals surface area contributed by atoms with Crippen LogP contribution in [0.1, 0.15) is 84.0 Å². The molecule has 1 saturated carbocycles. The lowest BCUT2D eigenvalue weighted by Crippen LogP contribution is -2.18. The second-order valence-corrected chi connectivity index (χ2v) is 7.05. The minimum Gasteiger partial charge on any atom is -0.481 e. The van der Waals surface area contributed by atoms with E-state index >= 15 is 0 Å². The van der Waals surface area contributed by atoms with E-state index in [0.717, 1.165) is 32.1 Å². The van der Waals surface area contributed by atoms with E-state index in [2.05, 4.69) is 19.1 Å². The van der Waals surface area contributed by atoms with Crippen LogP contribution in [-0.2, 0) is 9.59 Å². The van der Waals surface area contributed by atoms with Crippen LogP contribution >= 0.6 is 0 Å². The number of hydrogen-bond acceptors (Lipinski definition) is 3. The van der Waals surface area contributed by atoms with E-state index < -0.39 is 12.1 Å². The molecule has 4 heteroatoms. The van der Waals surface area contributed by atoms with Gasteiger partial charge in [0.05, 0.1) is 6.10 Å². The van der Waals surface area contributed by atoms with Crippen molar-refractivity contribution in [1.82, 2.24) is 0 Å². The van der Waals surface area contributed by atoms with Crippen LogP contribution in [0.3, 0.4) is 0 Å². The van der Waals surface area contributed by atoms with Crippen molar-refractivity contribution in [2.75, 3.05) is 0 Å². The first-order valence-electron chi connectivity index (χ1n) is 9.65. The summed E-state index contributed by atoms with van der Waals surface area (Å²) in [6.07, 6.45) is 14.4. The number of aliphatic hydroxyl groups excluding tert-OH is 1. The maximum absolute atomic E-state index is 12.1. The molecule has 0 aromatic rings. The highest BCUT2D eigenvalue weighted by molar-refractivity contribution is 5.84. The highest BCUT2D eigenvalue weighted by Crippen LogP contribution is 2.34. The molecule has 138 valence electrons. The fraction of sp³-hybridized carbons (Fsp3) is 0.800. The first-order valence-corrected chi connectivity index (χ1v) is 9.65. The number of allylic oxidation sites excluding steroid dienone is 1. The van der Waals surface area contributed by atoms with Crippen molar-refractivity contribution in [3.63, 3.8) is 0 Å². The topological polar surface area (TPSA) is 74.6 Å². The monoisotopic (exact) mass is 338 g/mol. The molecule has 0 aromatic carbocycles. The summed E-state index contributed by atoms with van der Waals surface area (Å²) in [6, 6.07) is 0. The molecule has 0 aromatic heterocycles. The van der Waals surface area contributed by atoms with E-state index in [9.17, 15) is 14.7 Å². The molecule has 0 saturated heterocycles. The Morgan fingerprint density at radius 3 is 2.54 bits per heavy atom. The number of carboxylic acid groups (broad SMARTS) is 1. The number of aliphatic carboxylic acids is 1. The standard InChI is InChI=1S/C20H34O4/c1-2-3-4-5-6-9-12-16-17(19(22)15-18(16)21)13-10-7-8-11-14-20(23)24/h9,12,16-18,21H,2-8,10-11,13-15H2,1H3,(H,23,24)/b12-9+. The Labute approximate surface area is 146 Å². The smallest absolute Gasteiger partial charge is 0.303 e. The summed E-state index contributed by atoms with van der Waals surface area (Å²) < 4.78 is 0. The quantitative estimate of drug-likeness (QED) is 0.383. The second kappa shape index (κ2) is 12.2. The summed E-state index contributed by atoms with van der Waals surface area (Å²) in [7, 11) is 0. The molecular formula is C20H34O4. The third-order valence-corrected chi connectivity index (χ3v) is 4.97. The zero-order chi connectivity index (χ0) is 17.8. The van der Waals surface area contributed by atoms with Crippen LogP contribution in [0.4, 0.5) is 0 Å². The van der Waals surface area contributed by atoms with Gasteiger partial charge in [0.1, 0.15) is 5.78 Å². The van der Waals surface area contributed by atoms with Gasteiger partial charge in [0.2, 0.25) is 0 Å². The molecule has 3 atom stereocenters. The number of unbranched alkanes of at least 4 members (excludes halogenated alkanes) is 7. The first kappa shape index (κ1) is 20.9. The molecule has 1 aliphatic carbocycles. The maximum Gasteiger partial charge on any atom is 0.303 e. The largest absolute Gasteiger partial charge is 0.481 e. The van der Waals surface area contributed by atoms with Crippen LogP contribution in [0.15, 0.2) is 12.2 Å². The summed E-state index contributed by atoms with van der Waals surface area (Å²) in [5.74, 6) is -0.629. The van der Waals surface area contributed by atoms with Crippen LogP contribution in [0.5, 0.6) is 0 Å². The van der Waals surface area contributed by atoms with Gasteiger partial charge in [-0.05, 0) is 25.7 Å². The lowest BCUT2D eigenvalue weighted by molar-refractivity contribution is -0.137. The molecule has 4 nitrogen and oxygen atoms in total. The summed E-state index contributed by atoms with van der Waals surface area (Å²) in [6.45, 7) is 2.20. The minimum atomic E-state index is -0.742. The Hall–Kier alpha value is -1.16. The van der Waals surface area contributed by atoms with Crippen molar-refractivity contribution >= 4 is 11.8 Å². The predicted molar refractivity (Wildman–Crippen MR) is 95.8 cm³/mol. The predicted octanol–water partition coefficient (Wildman–Crippen LogP) is 4.50. The zero-order valence-corrected chi connectivity index (χ0v) is 15.1. The van der Waals surface area contributed by atoms with E-state index in [1.165, 1.54) is 25.7 Å². The summed E-state index contributed by atoms with van der Waals surface area (Å²) in [5, 5.41) is 18.7. The molecule has 0 radical (unpaired) electrons. The van der Waals surface area contributed by atoms with E-state index in [1.54, 1.807) is 0 Å². The summed E-state index contributed by atoms with van der Waals surface area (Å²) >= 11 is 0.